The number of hydrazone groups is 1. The molecule has 1 aliphatic rings. The van der Waals surface area contributed by atoms with Crippen molar-refractivity contribution in [2.75, 3.05) is 32.3 Å². The Morgan fingerprint density at radius 3 is 2.74 bits per heavy atom. The van der Waals surface area contributed by atoms with Crippen molar-refractivity contribution < 1.29 is 22.7 Å². The topological polar surface area (TPSA) is 101 Å². The smallest absolute Gasteiger partial charge is 0.280 e. The fraction of sp³-hybridized carbons (Fsp3) is 0.269. The molecule has 0 N–H and O–H groups in total. The highest BCUT2D eigenvalue weighted by atomic mass is 32.2. The van der Waals surface area contributed by atoms with Gasteiger partial charge in [0.15, 0.2) is 0 Å². The van der Waals surface area contributed by atoms with Crippen LogP contribution in [0.2, 0.25) is 0 Å². The van der Waals surface area contributed by atoms with E-state index in [-0.39, 0.29) is 23.1 Å². The molecule has 198 valence electrons. The maximum atomic E-state index is 13.6. The number of hydrogen-bond acceptors (Lipinski definition) is 9. The number of nitrogens with zero attached hydrogens (tertiary/aromatic N) is 4. The van der Waals surface area contributed by atoms with E-state index in [1.807, 2.05) is 35.7 Å². The van der Waals surface area contributed by atoms with E-state index in [0.29, 0.717) is 23.0 Å². The maximum absolute atomic E-state index is 13.6. The number of thiazole rings is 1. The highest BCUT2D eigenvalue weighted by Gasteiger charge is 2.27. The number of sulfonamides is 1. The number of benzene rings is 2. The molecule has 1 aliphatic heterocycles. The SMILES string of the molecule is COc1ccc2nc(N(/N=C/c3cccs3)C(=O)c3ccc(S(=O)(=O)N(C)CC4CCCO4)cc3)sc2c1. The monoisotopic (exact) mass is 570 g/mol. The van der Waals surface area contributed by atoms with Gasteiger partial charge in [-0.2, -0.15) is 14.4 Å². The number of rotatable bonds is 9. The molecule has 4 aromatic rings. The Morgan fingerprint density at radius 1 is 1.24 bits per heavy atom. The van der Waals surface area contributed by atoms with Crippen molar-refractivity contribution in [3.63, 3.8) is 0 Å². The zero-order chi connectivity index (χ0) is 26.7. The third kappa shape index (κ3) is 5.64. The van der Waals surface area contributed by atoms with Gasteiger partial charge in [-0.1, -0.05) is 17.4 Å². The molecule has 1 fully saturated rings. The number of anilines is 1. The van der Waals surface area contributed by atoms with Gasteiger partial charge < -0.3 is 9.47 Å². The van der Waals surface area contributed by atoms with E-state index in [1.165, 1.54) is 56.3 Å². The van der Waals surface area contributed by atoms with Crippen LogP contribution < -0.4 is 9.75 Å². The highest BCUT2D eigenvalue weighted by Crippen LogP contribution is 2.32. The second-order valence-electron chi connectivity index (χ2n) is 8.65. The number of carbonyl (C=O) groups excluding carboxylic acids is 1. The summed E-state index contributed by atoms with van der Waals surface area (Å²) >= 11 is 2.81. The number of ether oxygens (including phenoxy) is 2. The van der Waals surface area contributed by atoms with Crippen LogP contribution in [0.25, 0.3) is 10.2 Å². The Kier molecular flexibility index (Phi) is 7.86. The van der Waals surface area contributed by atoms with Crippen molar-refractivity contribution in [3.8, 4) is 5.75 Å². The lowest BCUT2D eigenvalue weighted by Gasteiger charge is -2.20. The first-order chi connectivity index (χ1) is 18.3. The van der Waals surface area contributed by atoms with Crippen LogP contribution in [0, 0.1) is 0 Å². The lowest BCUT2D eigenvalue weighted by molar-refractivity contribution is 0.0978. The normalized spacial score (nSPS) is 16.0. The van der Waals surface area contributed by atoms with Crippen molar-refractivity contribution in [1.29, 1.82) is 0 Å². The van der Waals surface area contributed by atoms with E-state index in [0.717, 1.165) is 22.4 Å². The molecule has 0 radical (unpaired) electrons. The lowest BCUT2D eigenvalue weighted by Crippen LogP contribution is -2.34. The number of fused-ring (bicyclic) bond motifs is 1. The summed E-state index contributed by atoms with van der Waals surface area (Å²) in [5.74, 6) is 0.259. The number of amides is 1. The Balaban J connectivity index is 1.42. The summed E-state index contributed by atoms with van der Waals surface area (Å²) in [6, 6.07) is 15.2. The lowest BCUT2D eigenvalue weighted by atomic mass is 10.2. The molecule has 0 saturated carbocycles. The molecule has 3 heterocycles. The Labute approximate surface area is 229 Å². The zero-order valence-corrected chi connectivity index (χ0v) is 23.3. The van der Waals surface area contributed by atoms with Crippen molar-refractivity contribution in [2.24, 2.45) is 5.10 Å². The van der Waals surface area contributed by atoms with Crippen LogP contribution >= 0.6 is 22.7 Å². The molecule has 1 atom stereocenters. The second kappa shape index (κ2) is 11.3. The molecule has 2 aromatic carbocycles. The average molecular weight is 571 g/mol. The van der Waals surface area contributed by atoms with E-state index >= 15 is 0 Å². The van der Waals surface area contributed by atoms with Crippen molar-refractivity contribution in [1.82, 2.24) is 9.29 Å². The number of carbonyl (C=O) groups is 1. The first-order valence-corrected chi connectivity index (χ1v) is 15.0. The van der Waals surface area contributed by atoms with Gasteiger partial charge in [0.2, 0.25) is 15.2 Å². The summed E-state index contributed by atoms with van der Waals surface area (Å²) in [6.45, 7) is 0.944. The van der Waals surface area contributed by atoms with Crippen LogP contribution in [-0.4, -0.2) is 63.2 Å². The minimum absolute atomic E-state index is 0.0980. The number of likely N-dealkylation sites (N-methyl/N-ethyl adjacent to an activating group) is 1. The molecule has 12 heteroatoms. The summed E-state index contributed by atoms with van der Waals surface area (Å²) in [7, 11) is -0.595. The summed E-state index contributed by atoms with van der Waals surface area (Å²) in [5, 5.41) is 8.00. The van der Waals surface area contributed by atoms with Gasteiger partial charge in [-0.05, 0) is 66.8 Å². The van der Waals surface area contributed by atoms with Gasteiger partial charge in [-0.25, -0.2) is 13.4 Å². The molecule has 0 spiro atoms. The predicted molar refractivity (Wildman–Crippen MR) is 150 cm³/mol. The van der Waals surface area contributed by atoms with Gasteiger partial charge in [0.05, 0.1) is 34.5 Å². The fourth-order valence-corrected chi connectivity index (χ4v) is 6.76. The van der Waals surface area contributed by atoms with Crippen LogP contribution in [0.5, 0.6) is 5.75 Å². The molecule has 2 aromatic heterocycles. The van der Waals surface area contributed by atoms with Crippen LogP contribution in [0.4, 0.5) is 5.13 Å². The Hall–Kier alpha value is -3.16. The maximum Gasteiger partial charge on any atom is 0.280 e. The number of aromatic nitrogens is 1. The van der Waals surface area contributed by atoms with Gasteiger partial charge >= 0.3 is 0 Å². The molecular weight excluding hydrogens is 545 g/mol. The molecule has 1 amide bonds. The highest BCUT2D eigenvalue weighted by molar-refractivity contribution is 7.89. The Bertz CT molecular complexity index is 1540. The first-order valence-electron chi connectivity index (χ1n) is 11.9. The van der Waals surface area contributed by atoms with E-state index in [4.69, 9.17) is 9.47 Å². The van der Waals surface area contributed by atoms with Crippen molar-refractivity contribution in [3.05, 3.63) is 70.4 Å². The molecule has 1 saturated heterocycles. The molecule has 9 nitrogen and oxygen atoms in total. The van der Waals surface area contributed by atoms with Gasteiger partial charge in [0.25, 0.3) is 5.91 Å². The van der Waals surface area contributed by atoms with E-state index in [1.54, 1.807) is 20.4 Å². The molecule has 0 aliphatic carbocycles. The van der Waals surface area contributed by atoms with Gasteiger partial charge in [-0.15, -0.1) is 11.3 Å². The number of hydrogen-bond donors (Lipinski definition) is 0. The summed E-state index contributed by atoms with van der Waals surface area (Å²) in [6.07, 6.45) is 3.28. The van der Waals surface area contributed by atoms with Crippen LogP contribution in [0.15, 0.2) is 70.0 Å². The minimum atomic E-state index is -3.73. The van der Waals surface area contributed by atoms with E-state index < -0.39 is 15.9 Å². The zero-order valence-electron chi connectivity index (χ0n) is 20.8. The quantitative estimate of drug-likeness (QED) is 0.211. The first kappa shape index (κ1) is 26.4. The molecule has 5 rings (SSSR count). The van der Waals surface area contributed by atoms with Gasteiger partial charge in [0.1, 0.15) is 5.75 Å². The fourth-order valence-electron chi connectivity index (χ4n) is 4.02. The third-order valence-electron chi connectivity index (χ3n) is 6.10. The molecule has 38 heavy (non-hydrogen) atoms. The third-order valence-corrected chi connectivity index (χ3v) is 9.73. The molecule has 0 bridgehead atoms. The van der Waals surface area contributed by atoms with E-state index in [2.05, 4.69) is 10.1 Å². The molecular formula is C26H26N4O5S3. The summed E-state index contributed by atoms with van der Waals surface area (Å²) < 4.78 is 39.2. The number of thiophene rings is 1. The average Bonchev–Trinajstić information content (AvgIpc) is 3.71. The standard InChI is InChI=1S/C26H26N4O5S3/c1-29(17-20-5-3-13-35-20)38(32,33)22-10-7-18(8-11-22)25(31)30(27-16-21-6-4-14-36-21)26-28-23-12-9-19(34-2)15-24(23)37-26/h4,6-12,14-16,20H,3,5,13,17H2,1-2H3/b27-16+. The van der Waals surface area contributed by atoms with Crippen molar-refractivity contribution in [2.45, 2.75) is 23.8 Å². The summed E-state index contributed by atoms with van der Waals surface area (Å²) in [4.78, 5) is 19.2. The van der Waals surface area contributed by atoms with Crippen molar-refractivity contribution >= 4 is 60.2 Å². The predicted octanol–water partition coefficient (Wildman–Crippen LogP) is 4.85. The number of methoxy groups -OCH3 is 1. The molecule has 1 unspecified atom stereocenters. The Morgan fingerprint density at radius 2 is 2.05 bits per heavy atom. The largest absolute Gasteiger partial charge is 0.497 e. The van der Waals surface area contributed by atoms with Crippen LogP contribution in [0.1, 0.15) is 28.1 Å². The van der Waals surface area contributed by atoms with E-state index in [9.17, 15) is 13.2 Å². The summed E-state index contributed by atoms with van der Waals surface area (Å²) in [5.41, 5.74) is 0.997. The van der Waals surface area contributed by atoms with Gasteiger partial charge in [-0.3, -0.25) is 4.79 Å². The van der Waals surface area contributed by atoms with Crippen LogP contribution in [0.3, 0.4) is 0 Å². The second-order valence-corrected chi connectivity index (χ2v) is 12.7. The minimum Gasteiger partial charge on any atom is -0.497 e. The van der Waals surface area contributed by atoms with Gasteiger partial charge in [0, 0.05) is 30.6 Å². The van der Waals surface area contributed by atoms with Crippen LogP contribution in [-0.2, 0) is 14.8 Å².